The van der Waals surface area contributed by atoms with Crippen molar-refractivity contribution >= 4 is 28.9 Å². The molecule has 1 aromatic heterocycles. The lowest BCUT2D eigenvalue weighted by molar-refractivity contribution is 0.547. The lowest BCUT2D eigenvalue weighted by atomic mass is 10.1. The van der Waals surface area contributed by atoms with E-state index in [-0.39, 0.29) is 0 Å². The highest BCUT2D eigenvalue weighted by Gasteiger charge is 2.13. The topological polar surface area (TPSA) is 29.0 Å². The molecule has 0 aliphatic carbocycles. The molecule has 0 aliphatic rings. The maximum absolute atomic E-state index is 6.02. The fraction of sp³-hybridized carbons (Fsp3) is 0.636. The molecule has 1 atom stereocenters. The van der Waals surface area contributed by atoms with Crippen LogP contribution in [-0.4, -0.2) is 23.3 Å². The Kier molecular flexibility index (Phi) is 5.29. The summed E-state index contributed by atoms with van der Waals surface area (Å²) in [4.78, 5) is 2.18. The molecule has 1 unspecified atom stereocenters. The van der Waals surface area contributed by atoms with Crippen LogP contribution in [0.2, 0.25) is 10.3 Å². The minimum absolute atomic E-state index is 0.377. The number of nitrogens with zero attached hydrogens (tertiary/aromatic N) is 3. The molecule has 0 aromatic carbocycles. The second-order valence-electron chi connectivity index (χ2n) is 3.90. The third-order valence-corrected chi connectivity index (χ3v) is 3.11. The van der Waals surface area contributed by atoms with Gasteiger partial charge in [-0.2, -0.15) is 0 Å². The van der Waals surface area contributed by atoms with E-state index in [9.17, 15) is 0 Å². The van der Waals surface area contributed by atoms with E-state index < -0.39 is 0 Å². The largest absolute Gasteiger partial charge is 0.369 e. The first kappa shape index (κ1) is 13.5. The highest BCUT2D eigenvalue weighted by molar-refractivity contribution is 6.33. The van der Waals surface area contributed by atoms with Gasteiger partial charge < -0.3 is 4.90 Å². The summed E-state index contributed by atoms with van der Waals surface area (Å²) in [7, 11) is 0. The zero-order chi connectivity index (χ0) is 12.1. The van der Waals surface area contributed by atoms with Crippen LogP contribution in [0, 0.1) is 5.92 Å². The van der Waals surface area contributed by atoms with Crippen LogP contribution in [0.4, 0.5) is 5.69 Å². The van der Waals surface area contributed by atoms with E-state index in [0.29, 0.717) is 16.2 Å². The summed E-state index contributed by atoms with van der Waals surface area (Å²) in [6, 6.07) is 1.77. The van der Waals surface area contributed by atoms with E-state index in [1.807, 2.05) is 0 Å². The first-order valence-electron chi connectivity index (χ1n) is 5.52. The average molecular weight is 262 g/mol. The van der Waals surface area contributed by atoms with Crippen molar-refractivity contribution in [2.24, 2.45) is 5.92 Å². The van der Waals surface area contributed by atoms with E-state index in [2.05, 4.69) is 35.9 Å². The molecule has 0 N–H and O–H groups in total. The Morgan fingerprint density at radius 3 is 2.56 bits per heavy atom. The van der Waals surface area contributed by atoms with E-state index in [0.717, 1.165) is 25.2 Å². The van der Waals surface area contributed by atoms with Gasteiger partial charge in [0.2, 0.25) is 0 Å². The van der Waals surface area contributed by atoms with Gasteiger partial charge in [-0.3, -0.25) is 0 Å². The second kappa shape index (κ2) is 6.26. The van der Waals surface area contributed by atoms with Crippen molar-refractivity contribution in [3.8, 4) is 0 Å². The summed E-state index contributed by atoms with van der Waals surface area (Å²) in [6.45, 7) is 8.32. The SMILES string of the molecule is CCC(C)CN(CC)c1cc(Cl)nnc1Cl. The molecule has 1 aromatic rings. The van der Waals surface area contributed by atoms with Crippen molar-refractivity contribution in [1.29, 1.82) is 0 Å². The van der Waals surface area contributed by atoms with Crippen molar-refractivity contribution in [2.45, 2.75) is 27.2 Å². The minimum Gasteiger partial charge on any atom is -0.369 e. The molecular formula is C11H17Cl2N3. The number of rotatable bonds is 5. The molecule has 0 spiro atoms. The quantitative estimate of drug-likeness (QED) is 0.810. The molecule has 0 bridgehead atoms. The molecule has 0 aliphatic heterocycles. The van der Waals surface area contributed by atoms with Crippen LogP contribution in [0.1, 0.15) is 27.2 Å². The fourth-order valence-electron chi connectivity index (χ4n) is 1.47. The summed E-state index contributed by atoms with van der Waals surface area (Å²) in [6.07, 6.45) is 1.14. The third-order valence-electron chi connectivity index (χ3n) is 2.65. The Hall–Kier alpha value is -0.540. The molecule has 0 amide bonds. The van der Waals surface area contributed by atoms with Crippen LogP contribution in [0.15, 0.2) is 6.07 Å². The standard InChI is InChI=1S/C11H17Cl2N3/c1-4-8(3)7-16(5-2)9-6-10(12)14-15-11(9)13/h6,8H,4-5,7H2,1-3H3. The van der Waals surface area contributed by atoms with Crippen LogP contribution in [0.3, 0.4) is 0 Å². The van der Waals surface area contributed by atoms with E-state index in [4.69, 9.17) is 23.2 Å². The van der Waals surface area contributed by atoms with Crippen molar-refractivity contribution < 1.29 is 0 Å². The van der Waals surface area contributed by atoms with Crippen LogP contribution < -0.4 is 4.90 Å². The van der Waals surface area contributed by atoms with Crippen LogP contribution in [0.25, 0.3) is 0 Å². The zero-order valence-electron chi connectivity index (χ0n) is 9.87. The van der Waals surface area contributed by atoms with Gasteiger partial charge in [0, 0.05) is 19.2 Å². The second-order valence-corrected chi connectivity index (χ2v) is 4.64. The summed E-state index contributed by atoms with van der Waals surface area (Å²) >= 11 is 11.9. The third kappa shape index (κ3) is 3.49. The first-order chi connectivity index (χ1) is 7.58. The molecule has 16 heavy (non-hydrogen) atoms. The smallest absolute Gasteiger partial charge is 0.175 e. The normalized spacial score (nSPS) is 12.6. The van der Waals surface area contributed by atoms with Gasteiger partial charge in [-0.1, -0.05) is 43.5 Å². The number of hydrogen-bond acceptors (Lipinski definition) is 3. The summed E-state index contributed by atoms with van der Waals surface area (Å²) in [5, 5.41) is 8.32. The number of aromatic nitrogens is 2. The van der Waals surface area contributed by atoms with E-state index in [1.54, 1.807) is 6.07 Å². The highest BCUT2D eigenvalue weighted by Crippen LogP contribution is 2.26. The Balaban J connectivity index is 2.89. The van der Waals surface area contributed by atoms with Crippen LogP contribution in [0.5, 0.6) is 0 Å². The Labute approximate surface area is 107 Å². The molecule has 90 valence electrons. The number of halogens is 2. The van der Waals surface area contributed by atoms with E-state index >= 15 is 0 Å². The van der Waals surface area contributed by atoms with E-state index in [1.165, 1.54) is 0 Å². The zero-order valence-corrected chi connectivity index (χ0v) is 11.4. The highest BCUT2D eigenvalue weighted by atomic mass is 35.5. The summed E-state index contributed by atoms with van der Waals surface area (Å²) in [5.74, 6) is 0.614. The molecule has 0 saturated heterocycles. The van der Waals surface area contributed by atoms with Gasteiger partial charge in [0.05, 0.1) is 5.69 Å². The van der Waals surface area contributed by atoms with Gasteiger partial charge in [0.1, 0.15) is 0 Å². The van der Waals surface area contributed by atoms with Crippen LogP contribution >= 0.6 is 23.2 Å². The monoisotopic (exact) mass is 261 g/mol. The fourth-order valence-corrected chi connectivity index (χ4v) is 1.82. The van der Waals surface area contributed by atoms with Gasteiger partial charge in [-0.05, 0) is 12.8 Å². The van der Waals surface area contributed by atoms with Gasteiger partial charge in [0.15, 0.2) is 10.3 Å². The molecule has 1 heterocycles. The van der Waals surface area contributed by atoms with Crippen molar-refractivity contribution in [3.05, 3.63) is 16.4 Å². The Bertz CT molecular complexity index is 344. The molecule has 3 nitrogen and oxygen atoms in total. The van der Waals surface area contributed by atoms with Gasteiger partial charge in [0.25, 0.3) is 0 Å². The minimum atomic E-state index is 0.377. The average Bonchev–Trinajstić information content (AvgIpc) is 2.29. The van der Waals surface area contributed by atoms with Crippen molar-refractivity contribution in [2.75, 3.05) is 18.0 Å². The predicted molar refractivity (Wildman–Crippen MR) is 69.4 cm³/mol. The van der Waals surface area contributed by atoms with Crippen molar-refractivity contribution in [3.63, 3.8) is 0 Å². The van der Waals surface area contributed by atoms with Crippen molar-refractivity contribution in [1.82, 2.24) is 10.2 Å². The first-order valence-corrected chi connectivity index (χ1v) is 6.27. The number of anilines is 1. The Morgan fingerprint density at radius 1 is 1.31 bits per heavy atom. The number of hydrogen-bond donors (Lipinski definition) is 0. The Morgan fingerprint density at radius 2 is 2.00 bits per heavy atom. The molecule has 0 fully saturated rings. The van der Waals surface area contributed by atoms with Gasteiger partial charge in [-0.25, -0.2) is 0 Å². The molecule has 5 heteroatoms. The molecule has 1 rings (SSSR count). The molecular weight excluding hydrogens is 245 g/mol. The maximum atomic E-state index is 6.02. The summed E-state index contributed by atoms with van der Waals surface area (Å²) in [5.41, 5.74) is 0.865. The van der Waals surface area contributed by atoms with Gasteiger partial charge >= 0.3 is 0 Å². The molecule has 0 radical (unpaired) electrons. The molecule has 0 saturated carbocycles. The summed E-state index contributed by atoms with van der Waals surface area (Å²) < 4.78 is 0. The lowest BCUT2D eigenvalue weighted by Gasteiger charge is -2.26. The maximum Gasteiger partial charge on any atom is 0.175 e. The van der Waals surface area contributed by atoms with Gasteiger partial charge in [-0.15, -0.1) is 10.2 Å². The predicted octanol–water partition coefficient (Wildman–Crippen LogP) is 3.66. The lowest BCUT2D eigenvalue weighted by Crippen LogP contribution is -2.28. The van der Waals surface area contributed by atoms with Crippen LogP contribution in [-0.2, 0) is 0 Å².